The second kappa shape index (κ2) is 5.17. The maximum Gasteiger partial charge on any atom is 0.339 e. The fourth-order valence-corrected chi connectivity index (χ4v) is 1.25. The molecule has 0 aromatic carbocycles. The van der Waals surface area contributed by atoms with Crippen LogP contribution in [0.5, 0.6) is 0 Å². The van der Waals surface area contributed by atoms with E-state index in [4.69, 9.17) is 5.11 Å². The molecule has 0 aliphatic carbocycles. The smallest absolute Gasteiger partial charge is 0.339 e. The molecule has 0 aliphatic heterocycles. The van der Waals surface area contributed by atoms with E-state index < -0.39 is 5.97 Å². The second-order valence-corrected chi connectivity index (χ2v) is 5.22. The van der Waals surface area contributed by atoms with E-state index in [0.29, 0.717) is 11.6 Å². The van der Waals surface area contributed by atoms with E-state index in [1.807, 2.05) is 0 Å². The van der Waals surface area contributed by atoms with Crippen molar-refractivity contribution in [1.29, 1.82) is 0 Å². The van der Waals surface area contributed by atoms with Crippen LogP contribution in [0, 0.1) is 11.3 Å². The Morgan fingerprint density at radius 1 is 1.53 bits per heavy atom. The van der Waals surface area contributed by atoms with Crippen LogP contribution >= 0.6 is 0 Å². The standard InChI is InChI=1S/C13H20N2O2/c1-9(2)13(3,4)8-15-11-5-6-14-7-10(11)12(16)17/h5-7,9H,8H2,1-4H3,(H,14,15)(H,16,17). The fraction of sp³-hybridized carbons (Fsp3) is 0.538. The summed E-state index contributed by atoms with van der Waals surface area (Å²) in [6, 6.07) is 1.69. The molecule has 0 radical (unpaired) electrons. The molecule has 0 unspecified atom stereocenters. The van der Waals surface area contributed by atoms with Crippen molar-refractivity contribution >= 4 is 11.7 Å². The van der Waals surface area contributed by atoms with Gasteiger partial charge in [-0.2, -0.15) is 0 Å². The third-order valence-electron chi connectivity index (χ3n) is 3.35. The molecule has 4 heteroatoms. The zero-order valence-corrected chi connectivity index (χ0v) is 10.8. The molecule has 0 fully saturated rings. The zero-order chi connectivity index (χ0) is 13.1. The van der Waals surface area contributed by atoms with Crippen molar-refractivity contribution in [1.82, 2.24) is 4.98 Å². The van der Waals surface area contributed by atoms with Crippen LogP contribution in [0.15, 0.2) is 18.5 Å². The number of aromatic carboxylic acids is 1. The van der Waals surface area contributed by atoms with E-state index in [1.54, 1.807) is 12.3 Å². The van der Waals surface area contributed by atoms with Crippen molar-refractivity contribution in [2.24, 2.45) is 11.3 Å². The van der Waals surface area contributed by atoms with E-state index in [-0.39, 0.29) is 11.0 Å². The highest BCUT2D eigenvalue weighted by molar-refractivity contribution is 5.93. The van der Waals surface area contributed by atoms with Crippen molar-refractivity contribution in [3.05, 3.63) is 24.0 Å². The van der Waals surface area contributed by atoms with E-state index in [9.17, 15) is 4.79 Å². The molecule has 94 valence electrons. The van der Waals surface area contributed by atoms with E-state index >= 15 is 0 Å². The monoisotopic (exact) mass is 236 g/mol. The first-order valence-corrected chi connectivity index (χ1v) is 5.76. The lowest BCUT2D eigenvalue weighted by atomic mass is 9.81. The summed E-state index contributed by atoms with van der Waals surface area (Å²) in [6.45, 7) is 9.37. The summed E-state index contributed by atoms with van der Waals surface area (Å²) in [5.41, 5.74) is 0.951. The first kappa shape index (κ1) is 13.5. The Kier molecular flexibility index (Phi) is 4.10. The topological polar surface area (TPSA) is 62.2 Å². The van der Waals surface area contributed by atoms with Gasteiger partial charge in [0.05, 0.1) is 5.69 Å². The molecule has 1 rings (SSSR count). The number of hydrogen-bond donors (Lipinski definition) is 2. The molecule has 0 spiro atoms. The third kappa shape index (κ3) is 3.44. The Balaban J connectivity index is 2.79. The molecule has 0 bridgehead atoms. The van der Waals surface area contributed by atoms with Gasteiger partial charge in [0.1, 0.15) is 5.56 Å². The summed E-state index contributed by atoms with van der Waals surface area (Å²) < 4.78 is 0. The van der Waals surface area contributed by atoms with Gasteiger partial charge in [-0.3, -0.25) is 4.98 Å². The highest BCUT2D eigenvalue weighted by Crippen LogP contribution is 2.27. The van der Waals surface area contributed by atoms with Crippen LogP contribution in [-0.4, -0.2) is 22.6 Å². The Labute approximate surface area is 102 Å². The van der Waals surface area contributed by atoms with Gasteiger partial charge in [0.15, 0.2) is 0 Å². The van der Waals surface area contributed by atoms with Crippen molar-refractivity contribution < 1.29 is 9.90 Å². The van der Waals surface area contributed by atoms with Crippen LogP contribution in [0.1, 0.15) is 38.1 Å². The highest BCUT2D eigenvalue weighted by atomic mass is 16.4. The third-order valence-corrected chi connectivity index (χ3v) is 3.35. The number of carboxylic acid groups (broad SMARTS) is 1. The molecular weight excluding hydrogens is 216 g/mol. The molecule has 2 N–H and O–H groups in total. The van der Waals surface area contributed by atoms with Gasteiger partial charge in [-0.25, -0.2) is 4.79 Å². The molecule has 0 atom stereocenters. The zero-order valence-electron chi connectivity index (χ0n) is 10.8. The Bertz CT molecular complexity index is 400. The lowest BCUT2D eigenvalue weighted by Gasteiger charge is -2.30. The normalized spacial score (nSPS) is 11.6. The molecule has 17 heavy (non-hydrogen) atoms. The summed E-state index contributed by atoms with van der Waals surface area (Å²) in [5.74, 6) is -0.437. The van der Waals surface area contributed by atoms with Gasteiger partial charge in [-0.15, -0.1) is 0 Å². The van der Waals surface area contributed by atoms with Crippen molar-refractivity contribution in [3.63, 3.8) is 0 Å². The predicted molar refractivity (Wildman–Crippen MR) is 68.3 cm³/mol. The number of anilines is 1. The van der Waals surface area contributed by atoms with E-state index in [1.165, 1.54) is 6.20 Å². The first-order valence-electron chi connectivity index (χ1n) is 5.76. The molecule has 0 saturated carbocycles. The number of nitrogens with zero attached hydrogens (tertiary/aromatic N) is 1. The highest BCUT2D eigenvalue weighted by Gasteiger charge is 2.22. The van der Waals surface area contributed by atoms with Crippen molar-refractivity contribution in [2.75, 3.05) is 11.9 Å². The van der Waals surface area contributed by atoms with Crippen molar-refractivity contribution in [2.45, 2.75) is 27.7 Å². The summed E-state index contributed by atoms with van der Waals surface area (Å²) in [5, 5.41) is 12.2. The number of carboxylic acids is 1. The van der Waals surface area contributed by atoms with Crippen LogP contribution in [0.25, 0.3) is 0 Å². The molecule has 1 aromatic heterocycles. The summed E-state index contributed by atoms with van der Waals surface area (Å²) in [6.07, 6.45) is 2.96. The quantitative estimate of drug-likeness (QED) is 0.825. The molecular formula is C13H20N2O2. The molecule has 1 heterocycles. The van der Waals surface area contributed by atoms with Crippen LogP contribution < -0.4 is 5.32 Å². The minimum Gasteiger partial charge on any atom is -0.478 e. The van der Waals surface area contributed by atoms with Gasteiger partial charge >= 0.3 is 5.97 Å². The first-order chi connectivity index (χ1) is 7.84. The van der Waals surface area contributed by atoms with E-state index in [0.717, 1.165) is 6.54 Å². The molecule has 1 aromatic rings. The number of carbonyl (C=O) groups is 1. The van der Waals surface area contributed by atoms with Gasteiger partial charge in [0, 0.05) is 18.9 Å². The SMILES string of the molecule is CC(C)C(C)(C)CNc1ccncc1C(=O)O. The Hall–Kier alpha value is -1.58. The van der Waals surface area contributed by atoms with Crippen LogP contribution in [-0.2, 0) is 0 Å². The van der Waals surface area contributed by atoms with Gasteiger partial charge in [0.2, 0.25) is 0 Å². The Morgan fingerprint density at radius 3 is 2.71 bits per heavy atom. The average molecular weight is 236 g/mol. The summed E-state index contributed by atoms with van der Waals surface area (Å²) >= 11 is 0. The number of pyridine rings is 1. The average Bonchev–Trinajstić information content (AvgIpc) is 2.26. The van der Waals surface area contributed by atoms with E-state index in [2.05, 4.69) is 38.0 Å². The maximum atomic E-state index is 11.0. The second-order valence-electron chi connectivity index (χ2n) is 5.22. The lowest BCUT2D eigenvalue weighted by Crippen LogP contribution is -2.29. The van der Waals surface area contributed by atoms with Gasteiger partial charge < -0.3 is 10.4 Å². The van der Waals surface area contributed by atoms with Gasteiger partial charge in [0.25, 0.3) is 0 Å². The van der Waals surface area contributed by atoms with Crippen LogP contribution in [0.4, 0.5) is 5.69 Å². The summed E-state index contributed by atoms with van der Waals surface area (Å²) in [7, 11) is 0. The fourth-order valence-electron chi connectivity index (χ4n) is 1.25. The van der Waals surface area contributed by atoms with Crippen LogP contribution in [0.3, 0.4) is 0 Å². The molecule has 4 nitrogen and oxygen atoms in total. The number of aromatic nitrogens is 1. The number of nitrogens with one attached hydrogen (secondary N) is 1. The molecule has 0 saturated heterocycles. The maximum absolute atomic E-state index is 11.0. The van der Waals surface area contributed by atoms with Gasteiger partial charge in [-0.05, 0) is 17.4 Å². The lowest BCUT2D eigenvalue weighted by molar-refractivity contribution is 0.0697. The van der Waals surface area contributed by atoms with Crippen molar-refractivity contribution in [3.8, 4) is 0 Å². The number of hydrogen-bond acceptors (Lipinski definition) is 3. The Morgan fingerprint density at radius 2 is 2.18 bits per heavy atom. The van der Waals surface area contributed by atoms with Crippen LogP contribution in [0.2, 0.25) is 0 Å². The molecule has 0 aliphatic rings. The predicted octanol–water partition coefficient (Wildman–Crippen LogP) is 2.87. The van der Waals surface area contributed by atoms with Gasteiger partial charge in [-0.1, -0.05) is 27.7 Å². The summed E-state index contributed by atoms with van der Waals surface area (Å²) in [4.78, 5) is 14.8. The largest absolute Gasteiger partial charge is 0.478 e. The minimum atomic E-state index is -0.956. The minimum absolute atomic E-state index is 0.110. The number of rotatable bonds is 5. The molecule has 0 amide bonds.